The van der Waals surface area contributed by atoms with Crippen LogP contribution < -0.4 is 4.80 Å². The van der Waals surface area contributed by atoms with Crippen LogP contribution in [0, 0.1) is 0 Å². The Balaban J connectivity index is 1.65. The van der Waals surface area contributed by atoms with Crippen molar-refractivity contribution in [3.63, 3.8) is 0 Å². The van der Waals surface area contributed by atoms with Crippen LogP contribution in [0.4, 0.5) is 0 Å². The predicted octanol–water partition coefficient (Wildman–Crippen LogP) is 3.99. The highest BCUT2D eigenvalue weighted by Crippen LogP contribution is 2.27. The third-order valence-corrected chi connectivity index (χ3v) is 10.5. The molecule has 4 rings (SSSR count). The SMILES string of the molecule is C=CCn1c(=NC(=O)c2ccc(S(=O)(=O)N(C)C3CCCCC3)cc2)sc2cc(S(C)(=O)=O)ccc21. The number of amides is 1. The first kappa shape index (κ1) is 26.5. The molecule has 0 unspecified atom stereocenters. The lowest BCUT2D eigenvalue weighted by atomic mass is 9.96. The summed E-state index contributed by atoms with van der Waals surface area (Å²) in [5, 5.41) is 0. The molecule has 0 bridgehead atoms. The molecule has 8 nitrogen and oxygen atoms in total. The van der Waals surface area contributed by atoms with Crippen LogP contribution in [-0.4, -0.2) is 51.0 Å². The molecule has 1 amide bonds. The lowest BCUT2D eigenvalue weighted by Gasteiger charge is -2.30. The van der Waals surface area contributed by atoms with Crippen molar-refractivity contribution < 1.29 is 21.6 Å². The molecule has 11 heteroatoms. The van der Waals surface area contributed by atoms with E-state index in [1.807, 2.05) is 0 Å². The van der Waals surface area contributed by atoms with Crippen LogP contribution >= 0.6 is 11.3 Å². The van der Waals surface area contributed by atoms with Gasteiger partial charge < -0.3 is 4.57 Å². The molecule has 0 spiro atoms. The molecule has 36 heavy (non-hydrogen) atoms. The minimum absolute atomic E-state index is 0.00321. The van der Waals surface area contributed by atoms with Crippen molar-refractivity contribution in [2.45, 2.75) is 54.5 Å². The minimum atomic E-state index is -3.66. The summed E-state index contributed by atoms with van der Waals surface area (Å²) in [6.45, 7) is 4.14. The molecule has 0 saturated heterocycles. The van der Waals surface area contributed by atoms with Crippen LogP contribution in [-0.2, 0) is 26.4 Å². The van der Waals surface area contributed by atoms with Crippen molar-refractivity contribution in [1.82, 2.24) is 8.87 Å². The van der Waals surface area contributed by atoms with E-state index in [1.165, 1.54) is 46.0 Å². The first-order chi connectivity index (χ1) is 17.0. The summed E-state index contributed by atoms with van der Waals surface area (Å²) in [5.74, 6) is -0.521. The first-order valence-electron chi connectivity index (χ1n) is 11.6. The molecule has 1 saturated carbocycles. The van der Waals surface area contributed by atoms with E-state index in [-0.39, 0.29) is 21.4 Å². The van der Waals surface area contributed by atoms with Crippen LogP contribution in [0.3, 0.4) is 0 Å². The van der Waals surface area contributed by atoms with E-state index < -0.39 is 25.8 Å². The van der Waals surface area contributed by atoms with Gasteiger partial charge in [0, 0.05) is 31.5 Å². The molecule has 0 radical (unpaired) electrons. The van der Waals surface area contributed by atoms with Crippen LogP contribution in [0.1, 0.15) is 42.5 Å². The van der Waals surface area contributed by atoms with Crippen molar-refractivity contribution in [3.05, 3.63) is 65.5 Å². The van der Waals surface area contributed by atoms with Crippen molar-refractivity contribution >= 4 is 47.3 Å². The molecule has 1 heterocycles. The van der Waals surface area contributed by atoms with Crippen LogP contribution in [0.25, 0.3) is 10.2 Å². The van der Waals surface area contributed by atoms with Gasteiger partial charge in [-0.3, -0.25) is 4.79 Å². The molecule has 0 N–H and O–H groups in total. The summed E-state index contributed by atoms with van der Waals surface area (Å²) in [5.41, 5.74) is 1.000. The van der Waals surface area contributed by atoms with E-state index in [1.54, 1.807) is 29.8 Å². The van der Waals surface area contributed by atoms with Gasteiger partial charge in [-0.1, -0.05) is 36.7 Å². The number of hydrogen-bond donors (Lipinski definition) is 0. The Kier molecular flexibility index (Phi) is 7.65. The Morgan fingerprint density at radius 2 is 1.72 bits per heavy atom. The second-order valence-electron chi connectivity index (χ2n) is 8.94. The summed E-state index contributed by atoms with van der Waals surface area (Å²) in [7, 11) is -5.42. The molecular weight excluding hydrogens is 518 g/mol. The Morgan fingerprint density at radius 1 is 1.08 bits per heavy atom. The molecule has 2 aromatic carbocycles. The maximum absolute atomic E-state index is 13.1. The van der Waals surface area contributed by atoms with Crippen LogP contribution in [0.5, 0.6) is 0 Å². The quantitative estimate of drug-likeness (QED) is 0.416. The summed E-state index contributed by atoms with van der Waals surface area (Å²) < 4.78 is 54.0. The number of rotatable bonds is 7. The van der Waals surface area contributed by atoms with Gasteiger partial charge in [-0.15, -0.1) is 6.58 Å². The van der Waals surface area contributed by atoms with Gasteiger partial charge in [0.05, 0.1) is 20.0 Å². The average Bonchev–Trinajstić information content (AvgIpc) is 3.20. The number of nitrogens with zero attached hydrogens (tertiary/aromatic N) is 3. The topological polar surface area (TPSA) is 106 Å². The summed E-state index contributed by atoms with van der Waals surface area (Å²) >= 11 is 1.20. The zero-order chi connectivity index (χ0) is 26.1. The van der Waals surface area contributed by atoms with Crippen molar-refractivity contribution in [2.24, 2.45) is 4.99 Å². The Labute approximate surface area is 215 Å². The van der Waals surface area contributed by atoms with Gasteiger partial charge in [0.15, 0.2) is 14.6 Å². The average molecular weight is 548 g/mol. The van der Waals surface area contributed by atoms with Gasteiger partial charge in [0.2, 0.25) is 10.0 Å². The number of sulfonamides is 1. The fraction of sp³-hybridized carbons (Fsp3) is 0.360. The number of thiazole rings is 1. The molecule has 1 aliphatic carbocycles. The highest BCUT2D eigenvalue weighted by molar-refractivity contribution is 7.90. The van der Waals surface area contributed by atoms with Gasteiger partial charge in [-0.05, 0) is 55.3 Å². The van der Waals surface area contributed by atoms with Gasteiger partial charge in [0.1, 0.15) is 0 Å². The number of hydrogen-bond acceptors (Lipinski definition) is 6. The fourth-order valence-corrected chi connectivity index (χ4v) is 7.62. The van der Waals surface area contributed by atoms with E-state index in [0.29, 0.717) is 16.0 Å². The smallest absolute Gasteiger partial charge is 0.279 e. The van der Waals surface area contributed by atoms with E-state index >= 15 is 0 Å². The monoisotopic (exact) mass is 547 g/mol. The molecule has 1 fully saturated rings. The zero-order valence-corrected chi connectivity index (χ0v) is 22.7. The van der Waals surface area contributed by atoms with Crippen molar-refractivity contribution in [3.8, 4) is 0 Å². The van der Waals surface area contributed by atoms with Gasteiger partial charge in [-0.2, -0.15) is 9.30 Å². The molecule has 0 aliphatic heterocycles. The summed E-state index contributed by atoms with van der Waals surface area (Å²) in [4.78, 5) is 18.0. The first-order valence-corrected chi connectivity index (χ1v) is 15.8. The van der Waals surface area contributed by atoms with E-state index in [0.717, 1.165) is 43.9 Å². The molecule has 192 valence electrons. The highest BCUT2D eigenvalue weighted by Gasteiger charge is 2.29. The standard InChI is InChI=1S/C25H29N3O5S3/c1-4-16-28-22-15-14-21(35(3,30)31)17-23(22)34-25(28)26-24(29)18-10-12-20(13-11-18)36(32,33)27(2)19-8-6-5-7-9-19/h4,10-15,17,19H,1,5-9,16H2,2-3H3. The van der Waals surface area contributed by atoms with Crippen molar-refractivity contribution in [2.75, 3.05) is 13.3 Å². The lowest BCUT2D eigenvalue weighted by molar-refractivity contribution is 0.0997. The lowest BCUT2D eigenvalue weighted by Crippen LogP contribution is -2.38. The van der Waals surface area contributed by atoms with E-state index in [4.69, 9.17) is 0 Å². The number of aromatic nitrogens is 1. The molecule has 3 aromatic rings. The van der Waals surface area contributed by atoms with Crippen LogP contribution in [0.2, 0.25) is 0 Å². The Hall–Kier alpha value is -2.60. The number of benzene rings is 2. The summed E-state index contributed by atoms with van der Waals surface area (Å²) in [6, 6.07) is 10.6. The van der Waals surface area contributed by atoms with Crippen LogP contribution in [0.15, 0.2) is 69.9 Å². The zero-order valence-electron chi connectivity index (χ0n) is 20.3. The number of carbonyl (C=O) groups is 1. The highest BCUT2D eigenvalue weighted by atomic mass is 32.2. The Morgan fingerprint density at radius 3 is 2.33 bits per heavy atom. The molecular formula is C25H29N3O5S3. The number of carbonyl (C=O) groups excluding carboxylic acids is 1. The fourth-order valence-electron chi connectivity index (χ4n) is 4.40. The second kappa shape index (κ2) is 10.4. The minimum Gasteiger partial charge on any atom is -0.312 e. The Bertz CT molecular complexity index is 1580. The maximum atomic E-state index is 13.1. The molecule has 1 aromatic heterocycles. The third kappa shape index (κ3) is 5.39. The number of allylic oxidation sites excluding steroid dienone is 1. The normalized spacial score (nSPS) is 16.0. The van der Waals surface area contributed by atoms with E-state index in [9.17, 15) is 21.6 Å². The second-order valence-corrected chi connectivity index (χ2v) is 14.0. The van der Waals surface area contributed by atoms with Gasteiger partial charge in [-0.25, -0.2) is 16.8 Å². The maximum Gasteiger partial charge on any atom is 0.279 e. The van der Waals surface area contributed by atoms with Crippen molar-refractivity contribution in [1.29, 1.82) is 0 Å². The van der Waals surface area contributed by atoms with Gasteiger partial charge in [0.25, 0.3) is 5.91 Å². The molecule has 1 aliphatic rings. The number of sulfone groups is 1. The summed E-state index contributed by atoms with van der Waals surface area (Å²) in [6.07, 6.45) is 7.72. The van der Waals surface area contributed by atoms with E-state index in [2.05, 4.69) is 11.6 Å². The molecule has 0 atom stereocenters. The van der Waals surface area contributed by atoms with Gasteiger partial charge >= 0.3 is 0 Å². The predicted molar refractivity (Wildman–Crippen MR) is 141 cm³/mol. The number of fused-ring (bicyclic) bond motifs is 1. The largest absolute Gasteiger partial charge is 0.312 e. The third-order valence-electron chi connectivity index (χ3n) is 6.46.